The van der Waals surface area contributed by atoms with E-state index in [4.69, 9.17) is 9.47 Å². The van der Waals surface area contributed by atoms with Gasteiger partial charge in [0.15, 0.2) is 6.10 Å². The van der Waals surface area contributed by atoms with Crippen molar-refractivity contribution >= 4 is 5.91 Å². The smallest absolute Gasteiger partial charge is 0.251 e. The van der Waals surface area contributed by atoms with Crippen LogP contribution < -0.4 is 5.32 Å². The van der Waals surface area contributed by atoms with Crippen molar-refractivity contribution < 1.29 is 14.3 Å². The lowest BCUT2D eigenvalue weighted by Crippen LogP contribution is -2.42. The van der Waals surface area contributed by atoms with Crippen LogP contribution in [0.15, 0.2) is 24.3 Å². The first kappa shape index (κ1) is 18.4. The molecule has 138 valence electrons. The van der Waals surface area contributed by atoms with Crippen molar-refractivity contribution in [2.75, 3.05) is 26.9 Å². The van der Waals surface area contributed by atoms with Crippen molar-refractivity contribution in [3.63, 3.8) is 0 Å². The Hall–Kier alpha value is -1.43. The van der Waals surface area contributed by atoms with Crippen molar-refractivity contribution in [1.82, 2.24) is 10.2 Å². The molecule has 0 spiro atoms. The average molecular weight is 346 g/mol. The van der Waals surface area contributed by atoms with Crippen LogP contribution in [0.25, 0.3) is 0 Å². The van der Waals surface area contributed by atoms with Gasteiger partial charge < -0.3 is 14.8 Å². The predicted molar refractivity (Wildman–Crippen MR) is 97.2 cm³/mol. The Balaban J connectivity index is 1.55. The number of ether oxygens (including phenoxy) is 2. The summed E-state index contributed by atoms with van der Waals surface area (Å²) in [5, 5.41) is 3.00. The molecule has 5 heteroatoms. The SMILES string of the molecule is CN(Cc1ccccc1CNC(=O)C1COCCO1)C1CCCCC1. The monoisotopic (exact) mass is 346 g/mol. The van der Waals surface area contributed by atoms with Gasteiger partial charge in [-0.1, -0.05) is 43.5 Å². The molecule has 1 N–H and O–H groups in total. The topological polar surface area (TPSA) is 50.8 Å². The Morgan fingerprint density at radius 2 is 1.92 bits per heavy atom. The minimum Gasteiger partial charge on any atom is -0.376 e. The van der Waals surface area contributed by atoms with Gasteiger partial charge in [-0.15, -0.1) is 0 Å². The third-order valence-corrected chi connectivity index (χ3v) is 5.30. The highest BCUT2D eigenvalue weighted by atomic mass is 16.6. The lowest BCUT2D eigenvalue weighted by atomic mass is 9.94. The highest BCUT2D eigenvalue weighted by Crippen LogP contribution is 2.23. The van der Waals surface area contributed by atoms with E-state index < -0.39 is 6.10 Å². The molecular formula is C20H30N2O3. The van der Waals surface area contributed by atoms with Gasteiger partial charge in [0.1, 0.15) is 0 Å². The fraction of sp³-hybridized carbons (Fsp3) is 0.650. The zero-order valence-electron chi connectivity index (χ0n) is 15.2. The Morgan fingerprint density at radius 3 is 2.64 bits per heavy atom. The first-order valence-corrected chi connectivity index (χ1v) is 9.48. The van der Waals surface area contributed by atoms with Gasteiger partial charge in [-0.25, -0.2) is 0 Å². The van der Waals surface area contributed by atoms with Crippen molar-refractivity contribution in [3.05, 3.63) is 35.4 Å². The van der Waals surface area contributed by atoms with E-state index in [1.54, 1.807) is 0 Å². The van der Waals surface area contributed by atoms with Gasteiger partial charge in [0.25, 0.3) is 5.91 Å². The van der Waals surface area contributed by atoms with Gasteiger partial charge in [-0.2, -0.15) is 0 Å². The van der Waals surface area contributed by atoms with Crippen LogP contribution in [0.5, 0.6) is 0 Å². The normalized spacial score (nSPS) is 22.1. The minimum absolute atomic E-state index is 0.0878. The molecule has 3 rings (SSSR count). The van der Waals surface area contributed by atoms with E-state index in [9.17, 15) is 4.79 Å². The molecule has 2 fully saturated rings. The van der Waals surface area contributed by atoms with Gasteiger partial charge in [-0.05, 0) is 31.0 Å². The number of carbonyl (C=O) groups excluding carboxylic acids is 1. The lowest BCUT2D eigenvalue weighted by Gasteiger charge is -2.31. The number of nitrogens with zero attached hydrogens (tertiary/aromatic N) is 1. The summed E-state index contributed by atoms with van der Waals surface area (Å²) in [6.45, 7) is 2.87. The molecule has 1 atom stereocenters. The first-order chi connectivity index (χ1) is 12.2. The van der Waals surface area contributed by atoms with Crippen molar-refractivity contribution in [2.24, 2.45) is 0 Å². The maximum Gasteiger partial charge on any atom is 0.251 e. The first-order valence-electron chi connectivity index (χ1n) is 9.48. The summed E-state index contributed by atoms with van der Waals surface area (Å²) in [5.74, 6) is -0.0878. The van der Waals surface area contributed by atoms with Crippen molar-refractivity contribution in [1.29, 1.82) is 0 Å². The van der Waals surface area contributed by atoms with Gasteiger partial charge in [0.2, 0.25) is 0 Å². The summed E-state index contributed by atoms with van der Waals surface area (Å²) in [6.07, 6.45) is 6.18. The molecule has 1 amide bonds. The van der Waals surface area contributed by atoms with Gasteiger partial charge in [-0.3, -0.25) is 9.69 Å². The molecule has 1 saturated heterocycles. The number of hydrogen-bond donors (Lipinski definition) is 1. The molecule has 1 aliphatic heterocycles. The van der Waals surface area contributed by atoms with Crippen molar-refractivity contribution in [3.8, 4) is 0 Å². The second-order valence-electron chi connectivity index (χ2n) is 7.13. The van der Waals surface area contributed by atoms with E-state index in [2.05, 4.69) is 35.5 Å². The minimum atomic E-state index is -0.481. The highest BCUT2D eigenvalue weighted by molar-refractivity contribution is 5.81. The third-order valence-electron chi connectivity index (χ3n) is 5.30. The van der Waals surface area contributed by atoms with Crippen LogP contribution in [0.3, 0.4) is 0 Å². The maximum atomic E-state index is 12.2. The molecule has 1 unspecified atom stereocenters. The molecule has 0 aromatic heterocycles. The molecule has 5 nitrogen and oxygen atoms in total. The van der Waals surface area contributed by atoms with E-state index in [1.165, 1.54) is 43.2 Å². The largest absolute Gasteiger partial charge is 0.376 e. The summed E-state index contributed by atoms with van der Waals surface area (Å²) in [5.41, 5.74) is 2.46. The summed E-state index contributed by atoms with van der Waals surface area (Å²) in [4.78, 5) is 14.7. The molecule has 25 heavy (non-hydrogen) atoms. The quantitative estimate of drug-likeness (QED) is 0.860. The number of nitrogens with one attached hydrogen (secondary N) is 1. The summed E-state index contributed by atoms with van der Waals surface area (Å²) in [7, 11) is 2.22. The highest BCUT2D eigenvalue weighted by Gasteiger charge is 2.23. The van der Waals surface area contributed by atoms with Gasteiger partial charge in [0, 0.05) is 19.1 Å². The molecule has 0 radical (unpaired) electrons. The Morgan fingerprint density at radius 1 is 1.16 bits per heavy atom. The Labute approximate surface area is 150 Å². The predicted octanol–water partition coefficient (Wildman–Crippen LogP) is 2.48. The van der Waals surface area contributed by atoms with Gasteiger partial charge >= 0.3 is 0 Å². The molecule has 0 bridgehead atoms. The molecule has 1 aromatic rings. The summed E-state index contributed by atoms with van der Waals surface area (Å²) < 4.78 is 10.8. The maximum absolute atomic E-state index is 12.2. The molecule has 2 aliphatic rings. The van der Waals surface area contributed by atoms with Crippen LogP contribution in [0.4, 0.5) is 0 Å². The second-order valence-corrected chi connectivity index (χ2v) is 7.13. The van der Waals surface area contributed by atoms with Crippen LogP contribution in [-0.4, -0.2) is 49.8 Å². The zero-order chi connectivity index (χ0) is 17.5. The number of amides is 1. The molecular weight excluding hydrogens is 316 g/mol. The van der Waals surface area contributed by atoms with Crippen LogP contribution in [-0.2, 0) is 27.4 Å². The molecule has 1 heterocycles. The molecule has 1 aliphatic carbocycles. The standard InChI is InChI=1S/C20H30N2O3/c1-22(18-9-3-2-4-10-18)14-17-8-6-5-7-16(17)13-21-20(23)19-15-24-11-12-25-19/h5-8,18-19H,2-4,9-15H2,1H3,(H,21,23). The Bertz CT molecular complexity index is 552. The second kappa shape index (κ2) is 9.32. The third kappa shape index (κ3) is 5.27. The van der Waals surface area contributed by atoms with Crippen molar-refractivity contribution in [2.45, 2.75) is 57.3 Å². The number of hydrogen-bond acceptors (Lipinski definition) is 4. The molecule has 1 saturated carbocycles. The van der Waals surface area contributed by atoms with Crippen LogP contribution in [0.2, 0.25) is 0 Å². The van der Waals surface area contributed by atoms with E-state index in [0.717, 1.165) is 6.54 Å². The summed E-state index contributed by atoms with van der Waals surface area (Å²) >= 11 is 0. The number of carbonyl (C=O) groups is 1. The van der Waals surface area contributed by atoms with E-state index in [0.29, 0.717) is 32.4 Å². The summed E-state index contributed by atoms with van der Waals surface area (Å²) in [6, 6.07) is 9.06. The van der Waals surface area contributed by atoms with E-state index in [-0.39, 0.29) is 5.91 Å². The zero-order valence-corrected chi connectivity index (χ0v) is 15.2. The Kier molecular flexibility index (Phi) is 6.84. The van der Waals surface area contributed by atoms with Gasteiger partial charge in [0.05, 0.1) is 19.8 Å². The lowest BCUT2D eigenvalue weighted by molar-refractivity contribution is -0.147. The van der Waals surface area contributed by atoms with Crippen LogP contribution in [0.1, 0.15) is 43.2 Å². The number of rotatable bonds is 6. The fourth-order valence-electron chi connectivity index (χ4n) is 3.74. The number of benzene rings is 1. The van der Waals surface area contributed by atoms with Crippen LogP contribution >= 0.6 is 0 Å². The van der Waals surface area contributed by atoms with E-state index >= 15 is 0 Å². The fourth-order valence-corrected chi connectivity index (χ4v) is 3.74. The van der Waals surface area contributed by atoms with E-state index in [1.807, 2.05) is 6.07 Å². The van der Waals surface area contributed by atoms with Crippen LogP contribution in [0, 0.1) is 0 Å². The average Bonchev–Trinajstić information content (AvgIpc) is 2.68. The molecule has 1 aromatic carbocycles.